The van der Waals surface area contributed by atoms with Crippen molar-refractivity contribution in [3.8, 4) is 0 Å². The largest absolute Gasteiger partial charge is 0.464 e. The molecule has 1 aromatic carbocycles. The van der Waals surface area contributed by atoms with Crippen molar-refractivity contribution in [1.82, 2.24) is 9.88 Å². The molecule has 0 fully saturated rings. The summed E-state index contributed by atoms with van der Waals surface area (Å²) in [6.45, 7) is 3.11. The van der Waals surface area contributed by atoms with Gasteiger partial charge in [0.25, 0.3) is 5.91 Å². The molecule has 132 valence electrons. The number of hydrogen-bond donors (Lipinski definition) is 1. The van der Waals surface area contributed by atoms with Gasteiger partial charge in [0.15, 0.2) is 5.78 Å². The van der Waals surface area contributed by atoms with Gasteiger partial charge in [0.1, 0.15) is 11.5 Å². The first-order valence-corrected chi connectivity index (χ1v) is 7.58. The van der Waals surface area contributed by atoms with E-state index in [1.165, 1.54) is 37.3 Å². The summed E-state index contributed by atoms with van der Waals surface area (Å²) in [7, 11) is 2.72. The minimum absolute atomic E-state index is 0.160. The van der Waals surface area contributed by atoms with Crippen molar-refractivity contribution in [1.29, 1.82) is 0 Å². The first-order chi connectivity index (χ1) is 11.8. The molecule has 0 aliphatic heterocycles. The number of amides is 1. The van der Waals surface area contributed by atoms with Crippen LogP contribution in [0.3, 0.4) is 0 Å². The number of carbonyl (C=O) groups is 3. The number of aromatic amines is 1. The van der Waals surface area contributed by atoms with Crippen LogP contribution in [0, 0.1) is 19.7 Å². The number of likely N-dealkylation sites (N-methyl/N-ethyl adjacent to an activating group) is 1. The van der Waals surface area contributed by atoms with Crippen LogP contribution >= 0.6 is 0 Å². The van der Waals surface area contributed by atoms with Gasteiger partial charge in [0.05, 0.1) is 13.7 Å². The third-order valence-corrected chi connectivity index (χ3v) is 3.90. The Balaban J connectivity index is 2.21. The maximum Gasteiger partial charge on any atom is 0.354 e. The zero-order chi connectivity index (χ0) is 18.7. The molecule has 0 atom stereocenters. The van der Waals surface area contributed by atoms with Crippen molar-refractivity contribution in [3.05, 3.63) is 58.2 Å². The van der Waals surface area contributed by atoms with Crippen LogP contribution in [0.25, 0.3) is 0 Å². The fraction of sp³-hybridized carbons (Fsp3) is 0.278. The molecule has 2 rings (SSSR count). The number of nitrogens with one attached hydrogen (secondary N) is 1. The molecule has 1 heterocycles. The second-order valence-corrected chi connectivity index (χ2v) is 5.71. The van der Waals surface area contributed by atoms with E-state index in [1.807, 2.05) is 0 Å². The molecule has 0 radical (unpaired) electrons. The lowest BCUT2D eigenvalue weighted by Crippen LogP contribution is -2.32. The van der Waals surface area contributed by atoms with E-state index in [2.05, 4.69) is 9.72 Å². The van der Waals surface area contributed by atoms with Crippen molar-refractivity contribution in [3.63, 3.8) is 0 Å². The number of ether oxygens (including phenoxy) is 1. The lowest BCUT2D eigenvalue weighted by Gasteiger charge is -2.16. The zero-order valence-corrected chi connectivity index (χ0v) is 14.5. The Morgan fingerprint density at radius 2 is 1.92 bits per heavy atom. The first kappa shape index (κ1) is 18.4. The van der Waals surface area contributed by atoms with Crippen LogP contribution in [0.15, 0.2) is 24.3 Å². The number of benzene rings is 1. The molecule has 0 bridgehead atoms. The van der Waals surface area contributed by atoms with Crippen molar-refractivity contribution >= 4 is 17.7 Å². The maximum absolute atomic E-state index is 13.3. The van der Waals surface area contributed by atoms with Crippen molar-refractivity contribution in [2.24, 2.45) is 0 Å². The SMILES string of the molecule is COC(=O)c1[nH]c(C)c(C(=O)CN(C)C(=O)c2cccc(F)c2)c1C. The number of hydrogen-bond acceptors (Lipinski definition) is 4. The van der Waals surface area contributed by atoms with Crippen molar-refractivity contribution < 1.29 is 23.5 Å². The molecule has 1 amide bonds. The molecule has 0 spiro atoms. The van der Waals surface area contributed by atoms with Gasteiger partial charge < -0.3 is 14.6 Å². The fourth-order valence-electron chi connectivity index (χ4n) is 2.68. The van der Waals surface area contributed by atoms with E-state index in [1.54, 1.807) is 13.8 Å². The molecule has 7 heteroatoms. The minimum atomic E-state index is -0.566. The summed E-state index contributed by atoms with van der Waals surface area (Å²) in [6, 6.07) is 5.27. The normalized spacial score (nSPS) is 10.4. The number of rotatable bonds is 5. The monoisotopic (exact) mass is 346 g/mol. The van der Waals surface area contributed by atoms with Gasteiger partial charge >= 0.3 is 5.97 Å². The average molecular weight is 346 g/mol. The molecule has 0 saturated heterocycles. The summed E-state index contributed by atoms with van der Waals surface area (Å²) in [4.78, 5) is 40.7. The zero-order valence-electron chi connectivity index (χ0n) is 14.5. The number of methoxy groups -OCH3 is 1. The summed E-state index contributed by atoms with van der Waals surface area (Å²) >= 11 is 0. The molecule has 1 N–H and O–H groups in total. The van der Waals surface area contributed by atoms with Crippen LogP contribution in [0.5, 0.6) is 0 Å². The number of nitrogens with zero attached hydrogens (tertiary/aromatic N) is 1. The summed E-state index contributed by atoms with van der Waals surface area (Å²) in [5, 5.41) is 0. The second-order valence-electron chi connectivity index (χ2n) is 5.71. The van der Waals surface area contributed by atoms with Gasteiger partial charge in [0.2, 0.25) is 0 Å². The number of aromatic nitrogens is 1. The van der Waals surface area contributed by atoms with E-state index in [-0.39, 0.29) is 23.6 Å². The molecular formula is C18H19FN2O4. The molecule has 0 unspecified atom stereocenters. The molecule has 1 aromatic heterocycles. The van der Waals surface area contributed by atoms with Gasteiger partial charge in [0, 0.05) is 23.9 Å². The summed E-state index contributed by atoms with van der Waals surface area (Å²) in [5.74, 6) is -1.88. The lowest BCUT2D eigenvalue weighted by atomic mass is 10.0. The minimum Gasteiger partial charge on any atom is -0.464 e. The highest BCUT2D eigenvalue weighted by Crippen LogP contribution is 2.20. The Hall–Kier alpha value is -2.96. The van der Waals surface area contributed by atoms with Gasteiger partial charge in [-0.05, 0) is 37.6 Å². The highest BCUT2D eigenvalue weighted by atomic mass is 19.1. The van der Waals surface area contributed by atoms with Gasteiger partial charge in [-0.25, -0.2) is 9.18 Å². The van der Waals surface area contributed by atoms with Crippen molar-refractivity contribution in [2.45, 2.75) is 13.8 Å². The second kappa shape index (κ2) is 7.29. The Morgan fingerprint density at radius 1 is 1.24 bits per heavy atom. The summed E-state index contributed by atoms with van der Waals surface area (Å²) in [6.07, 6.45) is 0. The molecule has 25 heavy (non-hydrogen) atoms. The van der Waals surface area contributed by atoms with Crippen LogP contribution in [0.4, 0.5) is 4.39 Å². The Morgan fingerprint density at radius 3 is 2.52 bits per heavy atom. The van der Waals surface area contributed by atoms with E-state index in [9.17, 15) is 18.8 Å². The number of H-pyrrole nitrogens is 1. The van der Waals surface area contributed by atoms with Crippen LogP contribution in [-0.4, -0.2) is 48.2 Å². The number of Topliss-reactive ketones (excluding diaryl/α,β-unsaturated/α-hetero) is 1. The molecule has 0 aliphatic rings. The number of carbonyl (C=O) groups excluding carboxylic acids is 3. The average Bonchev–Trinajstić information content (AvgIpc) is 2.87. The maximum atomic E-state index is 13.3. The lowest BCUT2D eigenvalue weighted by molar-refractivity contribution is 0.0593. The molecule has 0 saturated carbocycles. The molecule has 2 aromatic rings. The third-order valence-electron chi connectivity index (χ3n) is 3.90. The van der Waals surface area contributed by atoms with Crippen LogP contribution in [0.1, 0.15) is 42.5 Å². The summed E-state index contributed by atoms with van der Waals surface area (Å²) in [5.41, 5.74) is 1.71. The van der Waals surface area contributed by atoms with Gasteiger partial charge in [-0.3, -0.25) is 9.59 Å². The van der Waals surface area contributed by atoms with E-state index >= 15 is 0 Å². The predicted molar refractivity (Wildman–Crippen MR) is 89.3 cm³/mol. The summed E-state index contributed by atoms with van der Waals surface area (Å²) < 4.78 is 17.9. The molecule has 6 nitrogen and oxygen atoms in total. The Kier molecular flexibility index (Phi) is 5.36. The first-order valence-electron chi connectivity index (χ1n) is 7.58. The van der Waals surface area contributed by atoms with E-state index in [4.69, 9.17) is 0 Å². The van der Waals surface area contributed by atoms with E-state index in [0.717, 1.165) is 6.07 Å². The number of aryl methyl sites for hydroxylation is 1. The highest BCUT2D eigenvalue weighted by Gasteiger charge is 2.24. The van der Waals surface area contributed by atoms with Crippen molar-refractivity contribution in [2.75, 3.05) is 20.7 Å². The quantitative estimate of drug-likeness (QED) is 0.666. The Labute approximate surface area is 144 Å². The highest BCUT2D eigenvalue weighted by molar-refractivity contribution is 6.05. The third kappa shape index (κ3) is 3.76. The number of ketones is 1. The number of halogens is 1. The van der Waals surface area contributed by atoms with E-state index < -0.39 is 17.7 Å². The number of esters is 1. The van der Waals surface area contributed by atoms with Crippen LogP contribution < -0.4 is 0 Å². The van der Waals surface area contributed by atoms with E-state index in [0.29, 0.717) is 16.8 Å². The van der Waals surface area contributed by atoms with Crippen LogP contribution in [0.2, 0.25) is 0 Å². The predicted octanol–water partition coefficient (Wildman–Crippen LogP) is 2.51. The van der Waals surface area contributed by atoms with Crippen LogP contribution in [-0.2, 0) is 4.74 Å². The van der Waals surface area contributed by atoms with Gasteiger partial charge in [-0.1, -0.05) is 6.07 Å². The topological polar surface area (TPSA) is 79.5 Å². The smallest absolute Gasteiger partial charge is 0.354 e. The van der Waals surface area contributed by atoms with Gasteiger partial charge in [-0.15, -0.1) is 0 Å². The Bertz CT molecular complexity index is 842. The standard InChI is InChI=1S/C18H19FN2O4/c1-10-15(11(2)20-16(10)18(24)25-4)14(22)9-21(3)17(23)12-6-5-7-13(19)8-12/h5-8,20H,9H2,1-4H3. The molecule has 0 aliphatic carbocycles. The fourth-order valence-corrected chi connectivity index (χ4v) is 2.68. The molecular weight excluding hydrogens is 327 g/mol. The van der Waals surface area contributed by atoms with Gasteiger partial charge in [-0.2, -0.15) is 0 Å².